The van der Waals surface area contributed by atoms with Crippen LogP contribution in [0.5, 0.6) is 0 Å². The summed E-state index contributed by atoms with van der Waals surface area (Å²) in [6.45, 7) is 2.35. The molecule has 24 heavy (non-hydrogen) atoms. The Morgan fingerprint density at radius 1 is 1.46 bits per heavy atom. The van der Waals surface area contributed by atoms with E-state index in [0.717, 1.165) is 38.4 Å². The number of rotatable bonds is 5. The van der Waals surface area contributed by atoms with Gasteiger partial charge < -0.3 is 15.5 Å². The minimum Gasteiger partial charge on any atom is -0.356 e. The fourth-order valence-corrected chi connectivity index (χ4v) is 3.54. The minimum atomic E-state index is -0.267. The van der Waals surface area contributed by atoms with Gasteiger partial charge in [-0.25, -0.2) is 9.37 Å². The van der Waals surface area contributed by atoms with E-state index in [9.17, 15) is 4.39 Å². The maximum absolute atomic E-state index is 13.8. The molecule has 2 aromatic rings. The van der Waals surface area contributed by atoms with Gasteiger partial charge in [0.15, 0.2) is 17.6 Å². The molecular weight excluding hydrogens is 325 g/mol. The molecule has 1 fully saturated rings. The number of aromatic nitrogens is 1. The van der Waals surface area contributed by atoms with Gasteiger partial charge in [-0.05, 0) is 36.4 Å². The van der Waals surface area contributed by atoms with E-state index in [1.54, 1.807) is 30.6 Å². The molecule has 128 valence electrons. The normalized spacial score (nSPS) is 18.0. The molecule has 2 aromatic heterocycles. The minimum absolute atomic E-state index is 0.236. The lowest BCUT2D eigenvalue weighted by Crippen LogP contribution is -2.45. The Labute approximate surface area is 145 Å². The highest BCUT2D eigenvalue weighted by Gasteiger charge is 2.25. The molecule has 5 nitrogen and oxygen atoms in total. The van der Waals surface area contributed by atoms with Gasteiger partial charge in [0.25, 0.3) is 0 Å². The molecule has 3 rings (SSSR count). The Balaban J connectivity index is 1.47. The van der Waals surface area contributed by atoms with Crippen LogP contribution >= 0.6 is 11.3 Å². The molecule has 0 bridgehead atoms. The smallest absolute Gasteiger partial charge is 0.191 e. The molecule has 0 radical (unpaired) electrons. The number of guanidine groups is 1. The highest BCUT2D eigenvalue weighted by Crippen LogP contribution is 2.20. The SMILES string of the molecule is CN=C(NCCc1cccs1)NC1CCN(c2ncccc2F)C1. The first-order valence-electron chi connectivity index (χ1n) is 8.11. The van der Waals surface area contributed by atoms with Crippen LogP contribution < -0.4 is 15.5 Å². The maximum atomic E-state index is 13.8. The Morgan fingerprint density at radius 3 is 3.12 bits per heavy atom. The number of aliphatic imine (C=N–C) groups is 1. The fraction of sp³-hybridized carbons (Fsp3) is 0.412. The zero-order valence-electron chi connectivity index (χ0n) is 13.7. The summed E-state index contributed by atoms with van der Waals surface area (Å²) in [6, 6.07) is 7.51. The first kappa shape index (κ1) is 16.7. The monoisotopic (exact) mass is 347 g/mol. The number of nitrogens with zero attached hydrogens (tertiary/aromatic N) is 3. The molecule has 1 saturated heterocycles. The molecule has 1 aliphatic heterocycles. The average Bonchev–Trinajstić information content (AvgIpc) is 3.26. The van der Waals surface area contributed by atoms with Crippen LogP contribution in [0.3, 0.4) is 0 Å². The van der Waals surface area contributed by atoms with Crippen LogP contribution in [0.4, 0.5) is 10.2 Å². The van der Waals surface area contributed by atoms with Gasteiger partial charge in [0.1, 0.15) is 0 Å². The van der Waals surface area contributed by atoms with Crippen molar-refractivity contribution in [1.29, 1.82) is 0 Å². The molecule has 2 N–H and O–H groups in total. The Kier molecular flexibility index (Phi) is 5.63. The van der Waals surface area contributed by atoms with Gasteiger partial charge in [0, 0.05) is 43.8 Å². The van der Waals surface area contributed by atoms with E-state index >= 15 is 0 Å². The second-order valence-electron chi connectivity index (χ2n) is 5.71. The van der Waals surface area contributed by atoms with Gasteiger partial charge in [-0.3, -0.25) is 4.99 Å². The zero-order valence-corrected chi connectivity index (χ0v) is 14.5. The lowest BCUT2D eigenvalue weighted by molar-refractivity contribution is 0.612. The van der Waals surface area contributed by atoms with Crippen LogP contribution in [0.15, 0.2) is 40.8 Å². The Morgan fingerprint density at radius 2 is 2.38 bits per heavy atom. The van der Waals surface area contributed by atoms with E-state index in [1.165, 1.54) is 10.9 Å². The number of halogens is 1. The lowest BCUT2D eigenvalue weighted by Gasteiger charge is -2.19. The molecule has 1 atom stereocenters. The van der Waals surface area contributed by atoms with Crippen LogP contribution in [0, 0.1) is 5.82 Å². The molecule has 0 aliphatic carbocycles. The first-order chi connectivity index (χ1) is 11.8. The van der Waals surface area contributed by atoms with E-state index in [-0.39, 0.29) is 11.9 Å². The average molecular weight is 347 g/mol. The molecular formula is C17H22FN5S. The quantitative estimate of drug-likeness (QED) is 0.644. The van der Waals surface area contributed by atoms with Gasteiger partial charge in [-0.15, -0.1) is 11.3 Å². The van der Waals surface area contributed by atoms with Crippen LogP contribution in [0.1, 0.15) is 11.3 Å². The molecule has 1 aliphatic rings. The summed E-state index contributed by atoms with van der Waals surface area (Å²) in [5, 5.41) is 8.84. The largest absolute Gasteiger partial charge is 0.356 e. The number of hydrogen-bond donors (Lipinski definition) is 2. The van der Waals surface area contributed by atoms with E-state index < -0.39 is 0 Å². The zero-order chi connectivity index (χ0) is 16.8. The Bertz CT molecular complexity index is 673. The number of anilines is 1. The third-order valence-electron chi connectivity index (χ3n) is 4.04. The van der Waals surface area contributed by atoms with Crippen molar-refractivity contribution in [2.24, 2.45) is 4.99 Å². The van der Waals surface area contributed by atoms with E-state index in [0.29, 0.717) is 5.82 Å². The van der Waals surface area contributed by atoms with Gasteiger partial charge in [-0.2, -0.15) is 0 Å². The molecule has 0 spiro atoms. The Hall–Kier alpha value is -2.15. The topological polar surface area (TPSA) is 52.6 Å². The van der Waals surface area contributed by atoms with Crippen molar-refractivity contribution in [2.45, 2.75) is 18.9 Å². The van der Waals surface area contributed by atoms with Crippen molar-refractivity contribution in [3.8, 4) is 0 Å². The number of hydrogen-bond acceptors (Lipinski definition) is 4. The molecule has 0 aromatic carbocycles. The summed E-state index contributed by atoms with van der Waals surface area (Å²) in [5.41, 5.74) is 0. The van der Waals surface area contributed by atoms with Gasteiger partial charge in [-0.1, -0.05) is 6.07 Å². The molecule has 0 amide bonds. The highest BCUT2D eigenvalue weighted by molar-refractivity contribution is 7.09. The van der Waals surface area contributed by atoms with E-state index in [1.807, 2.05) is 4.90 Å². The molecule has 1 unspecified atom stereocenters. The first-order valence-corrected chi connectivity index (χ1v) is 8.99. The van der Waals surface area contributed by atoms with Crippen molar-refractivity contribution in [3.63, 3.8) is 0 Å². The number of thiophene rings is 1. The summed E-state index contributed by atoms with van der Waals surface area (Å²) in [6.07, 6.45) is 3.54. The van der Waals surface area contributed by atoms with E-state index in [4.69, 9.17) is 0 Å². The second kappa shape index (κ2) is 8.10. The third-order valence-corrected chi connectivity index (χ3v) is 4.97. The van der Waals surface area contributed by atoms with Crippen molar-refractivity contribution >= 4 is 23.1 Å². The standard InChI is InChI=1S/C17H22FN5S/c1-19-17(21-9-6-14-4-3-11-24-14)22-13-7-10-23(12-13)16-15(18)5-2-8-20-16/h2-5,8,11,13H,6-7,9-10,12H2,1H3,(H2,19,21,22). The van der Waals surface area contributed by atoms with Crippen LogP contribution in [0.25, 0.3) is 0 Å². The van der Waals surface area contributed by atoms with Crippen molar-refractivity contribution in [2.75, 3.05) is 31.6 Å². The van der Waals surface area contributed by atoms with Gasteiger partial charge in [0.05, 0.1) is 0 Å². The summed E-state index contributed by atoms with van der Waals surface area (Å²) < 4.78 is 13.8. The van der Waals surface area contributed by atoms with Crippen LogP contribution in [-0.4, -0.2) is 43.7 Å². The predicted octanol–water partition coefficient (Wildman–Crippen LogP) is 2.27. The molecule has 0 saturated carbocycles. The van der Waals surface area contributed by atoms with E-state index in [2.05, 4.69) is 38.1 Å². The summed E-state index contributed by atoms with van der Waals surface area (Å²) in [5.74, 6) is 0.957. The molecule has 7 heteroatoms. The fourth-order valence-electron chi connectivity index (χ4n) is 2.83. The molecule has 3 heterocycles. The van der Waals surface area contributed by atoms with Gasteiger partial charge in [0.2, 0.25) is 0 Å². The number of nitrogens with one attached hydrogen (secondary N) is 2. The van der Waals surface area contributed by atoms with Crippen LogP contribution in [0.2, 0.25) is 0 Å². The van der Waals surface area contributed by atoms with Gasteiger partial charge >= 0.3 is 0 Å². The van der Waals surface area contributed by atoms with Crippen molar-refractivity contribution < 1.29 is 4.39 Å². The third kappa shape index (κ3) is 4.23. The van der Waals surface area contributed by atoms with Crippen LogP contribution in [-0.2, 0) is 6.42 Å². The second-order valence-corrected chi connectivity index (χ2v) is 6.75. The predicted molar refractivity (Wildman–Crippen MR) is 97.3 cm³/mol. The van der Waals surface area contributed by atoms with Crippen molar-refractivity contribution in [1.82, 2.24) is 15.6 Å². The van der Waals surface area contributed by atoms with Crippen molar-refractivity contribution in [3.05, 3.63) is 46.5 Å². The summed E-state index contributed by atoms with van der Waals surface area (Å²) >= 11 is 1.76. The summed E-state index contributed by atoms with van der Waals surface area (Å²) in [4.78, 5) is 11.8. The summed E-state index contributed by atoms with van der Waals surface area (Å²) in [7, 11) is 1.77. The maximum Gasteiger partial charge on any atom is 0.191 e. The highest BCUT2D eigenvalue weighted by atomic mass is 32.1. The number of pyridine rings is 1. The lowest BCUT2D eigenvalue weighted by atomic mass is 10.3.